The Labute approximate surface area is 313 Å². The van der Waals surface area contributed by atoms with Gasteiger partial charge in [0.2, 0.25) is 17.7 Å². The fourth-order valence-electron chi connectivity index (χ4n) is 5.43. The Morgan fingerprint density at radius 3 is 2.14 bits per heavy atom. The molecule has 0 aliphatic carbocycles. The van der Waals surface area contributed by atoms with E-state index in [4.69, 9.17) is 0 Å². The number of hydrogen-bond acceptors (Lipinski definition) is 9. The van der Waals surface area contributed by atoms with Crippen LogP contribution >= 0.6 is 48.6 Å². The maximum absolute atomic E-state index is 13.9. The molecule has 0 radical (unpaired) electrons. The fourth-order valence-corrected chi connectivity index (χ4v) is 6.23. The highest BCUT2D eigenvalue weighted by Gasteiger charge is 2.42. The number of hydrogen-bond donors (Lipinski definition) is 4. The molecule has 276 valence electrons. The average Bonchev–Trinajstić information content (AvgIpc) is 3.70. The highest BCUT2D eigenvalue weighted by atomic mass is 35.5. The Balaban J connectivity index is 0.00000768. The van der Waals surface area contributed by atoms with E-state index in [-0.39, 0.29) is 104 Å². The van der Waals surface area contributed by atoms with Gasteiger partial charge in [0.25, 0.3) is 0 Å². The molecule has 11 nitrogen and oxygen atoms in total. The monoisotopic (exact) mass is 762 g/mol. The third kappa shape index (κ3) is 13.6. The van der Waals surface area contributed by atoms with Gasteiger partial charge in [0, 0.05) is 30.8 Å². The van der Waals surface area contributed by atoms with Gasteiger partial charge in [0.1, 0.15) is 16.8 Å². The highest BCUT2D eigenvalue weighted by molar-refractivity contribution is 7.09. The molecule has 1 fully saturated rings. The second-order valence-electron chi connectivity index (χ2n) is 13.1. The summed E-state index contributed by atoms with van der Waals surface area (Å²) in [5, 5.41) is 14.3. The molecule has 3 amide bonds. The number of halogens is 3. The maximum atomic E-state index is 13.9. The number of nitrogens with zero attached hydrogens (tertiary/aromatic N) is 2. The number of aromatic nitrogens is 1. The van der Waals surface area contributed by atoms with E-state index >= 15 is 0 Å². The summed E-state index contributed by atoms with van der Waals surface area (Å²) in [6.07, 6.45) is 1.55. The number of thiazole rings is 1. The molecule has 2 heterocycles. The van der Waals surface area contributed by atoms with E-state index in [1.807, 2.05) is 51.1 Å². The van der Waals surface area contributed by atoms with Gasteiger partial charge in [-0.25, -0.2) is 4.98 Å². The van der Waals surface area contributed by atoms with Gasteiger partial charge in [0.05, 0.1) is 36.7 Å². The molecule has 0 spiro atoms. The molecular weight excluding hydrogens is 711 g/mol. The number of nitrogens with one attached hydrogen (secondary N) is 4. The number of benzene rings is 1. The van der Waals surface area contributed by atoms with Crippen molar-refractivity contribution in [3.63, 3.8) is 0 Å². The second kappa shape index (κ2) is 21.6. The van der Waals surface area contributed by atoms with E-state index in [1.165, 1.54) is 11.3 Å². The van der Waals surface area contributed by atoms with Gasteiger partial charge in [-0.1, -0.05) is 51.1 Å². The van der Waals surface area contributed by atoms with Gasteiger partial charge < -0.3 is 26.2 Å². The number of carbonyl (C=O) groups is 5. The third-order valence-electron chi connectivity index (χ3n) is 8.71. The molecule has 3 rings (SSSR count). The van der Waals surface area contributed by atoms with Crippen molar-refractivity contribution < 1.29 is 24.0 Å². The minimum atomic E-state index is -0.669. The van der Waals surface area contributed by atoms with E-state index in [9.17, 15) is 24.0 Å². The van der Waals surface area contributed by atoms with Crippen molar-refractivity contribution in [1.82, 2.24) is 31.2 Å². The van der Waals surface area contributed by atoms with Gasteiger partial charge in [0.15, 0.2) is 5.78 Å². The van der Waals surface area contributed by atoms with Crippen LogP contribution in [0.1, 0.15) is 76.2 Å². The Morgan fingerprint density at radius 2 is 1.55 bits per heavy atom. The predicted octanol–water partition coefficient (Wildman–Crippen LogP) is 3.86. The fraction of sp³-hybridized carbons (Fsp3) is 0.588. The normalized spacial score (nSPS) is 16.5. The summed E-state index contributed by atoms with van der Waals surface area (Å²) < 4.78 is 0. The minimum absolute atomic E-state index is 0. The summed E-state index contributed by atoms with van der Waals surface area (Å²) in [6.45, 7) is 10.0. The molecule has 1 aromatic carbocycles. The molecule has 1 saturated heterocycles. The van der Waals surface area contributed by atoms with Gasteiger partial charge in [-0.3, -0.25) is 24.0 Å². The van der Waals surface area contributed by atoms with E-state index in [2.05, 4.69) is 26.3 Å². The van der Waals surface area contributed by atoms with Gasteiger partial charge in [-0.15, -0.1) is 48.6 Å². The molecular formula is C34H53Cl3N6O5S. The van der Waals surface area contributed by atoms with E-state index < -0.39 is 23.4 Å². The molecule has 49 heavy (non-hydrogen) atoms. The second-order valence-corrected chi connectivity index (χ2v) is 14.1. The molecule has 0 saturated carbocycles. The van der Waals surface area contributed by atoms with Crippen LogP contribution in [0, 0.1) is 11.3 Å². The zero-order valence-corrected chi connectivity index (χ0v) is 32.6. The summed E-state index contributed by atoms with van der Waals surface area (Å²) >= 11 is 1.35. The van der Waals surface area contributed by atoms with Crippen LogP contribution < -0.4 is 21.3 Å². The number of rotatable bonds is 16. The van der Waals surface area contributed by atoms with E-state index in [1.54, 1.807) is 38.2 Å². The van der Waals surface area contributed by atoms with Crippen LogP contribution in [0.5, 0.6) is 0 Å². The number of likely N-dealkylation sites (N-methyl/N-ethyl adjacent to an activating group) is 2. The van der Waals surface area contributed by atoms with Crippen molar-refractivity contribution >= 4 is 77.8 Å². The van der Waals surface area contributed by atoms with Gasteiger partial charge in [-0.2, -0.15) is 0 Å². The van der Waals surface area contributed by atoms with Gasteiger partial charge in [-0.05, 0) is 51.8 Å². The molecule has 2 aromatic rings. The van der Waals surface area contributed by atoms with Crippen molar-refractivity contribution in [2.75, 3.05) is 27.2 Å². The summed E-state index contributed by atoms with van der Waals surface area (Å²) in [5.41, 5.74) is 0.928. The lowest BCUT2D eigenvalue weighted by molar-refractivity contribution is -0.146. The standard InChI is InChI=1S/C34H50N6O5S.3ClH/c1-21(35-6)28(41)17-25(34(3,4)5)33(45)40-15-11-14-27(40)32(44)39-26(23-12-9-8-10-13-23)19-37-30(43)16-24-20-46-31(38-24)18-29(42)22(2)36-7;;;/h8-10,12-13,20-22,25-27,35-36H,11,14-19H2,1-7H3,(H,37,43)(H,39,44);3*1H/t21-,22-,25+,26+,27-;;;/m0.../s1. The predicted molar refractivity (Wildman–Crippen MR) is 201 cm³/mol. The van der Waals surface area contributed by atoms with E-state index in [0.29, 0.717) is 30.1 Å². The number of carbonyl (C=O) groups excluding carboxylic acids is 5. The quantitative estimate of drug-likeness (QED) is 0.202. The molecule has 5 atom stereocenters. The highest BCUT2D eigenvalue weighted by Crippen LogP contribution is 2.33. The molecule has 0 bridgehead atoms. The lowest BCUT2D eigenvalue weighted by Gasteiger charge is -2.35. The zero-order chi connectivity index (χ0) is 34.0. The minimum Gasteiger partial charge on any atom is -0.353 e. The lowest BCUT2D eigenvalue weighted by atomic mass is 9.76. The van der Waals surface area contributed by atoms with Gasteiger partial charge >= 0.3 is 0 Å². The Bertz CT molecular complexity index is 1370. The zero-order valence-electron chi connectivity index (χ0n) is 29.4. The Kier molecular flexibility index (Phi) is 20.4. The summed E-state index contributed by atoms with van der Waals surface area (Å²) in [6, 6.07) is 7.54. The summed E-state index contributed by atoms with van der Waals surface area (Å²) in [4.78, 5) is 71.7. The maximum Gasteiger partial charge on any atom is 0.243 e. The first kappa shape index (κ1) is 46.4. The van der Waals surface area contributed by atoms with Crippen molar-refractivity contribution in [2.45, 2.75) is 90.9 Å². The van der Waals surface area contributed by atoms with Crippen LogP contribution in [0.15, 0.2) is 35.7 Å². The van der Waals surface area contributed by atoms with E-state index in [0.717, 1.165) is 5.56 Å². The largest absolute Gasteiger partial charge is 0.353 e. The van der Waals surface area contributed by atoms with Crippen LogP contribution in [0.25, 0.3) is 0 Å². The number of Topliss-reactive ketones (excluding diaryl/α,β-unsaturated/α-hetero) is 2. The van der Waals surface area contributed by atoms with Crippen molar-refractivity contribution in [3.8, 4) is 0 Å². The smallest absolute Gasteiger partial charge is 0.243 e. The van der Waals surface area contributed by atoms with Crippen LogP contribution in [-0.4, -0.2) is 84.5 Å². The first-order chi connectivity index (χ1) is 21.7. The number of likely N-dealkylation sites (tertiary alicyclic amines) is 1. The average molecular weight is 764 g/mol. The first-order valence-corrected chi connectivity index (χ1v) is 16.9. The van der Waals surface area contributed by atoms with Crippen LogP contribution in [-0.2, 0) is 36.8 Å². The summed E-state index contributed by atoms with van der Waals surface area (Å²) in [7, 11) is 3.45. The van der Waals surface area contributed by atoms with Crippen molar-refractivity contribution in [2.24, 2.45) is 11.3 Å². The first-order valence-electron chi connectivity index (χ1n) is 16.0. The molecule has 1 aromatic heterocycles. The Morgan fingerprint density at radius 1 is 0.939 bits per heavy atom. The van der Waals surface area contributed by atoms with Crippen molar-refractivity contribution in [3.05, 3.63) is 52.0 Å². The summed E-state index contributed by atoms with van der Waals surface area (Å²) in [5.74, 6) is -1.31. The molecule has 4 N–H and O–H groups in total. The number of ketones is 2. The van der Waals surface area contributed by atoms with Crippen LogP contribution in [0.3, 0.4) is 0 Å². The lowest BCUT2D eigenvalue weighted by Crippen LogP contribution is -2.52. The molecule has 0 unspecified atom stereocenters. The van der Waals surface area contributed by atoms with Crippen LogP contribution in [0.4, 0.5) is 0 Å². The number of amides is 3. The third-order valence-corrected chi connectivity index (χ3v) is 9.61. The van der Waals surface area contributed by atoms with Crippen molar-refractivity contribution in [1.29, 1.82) is 0 Å². The SMILES string of the molecule is CN[C@@H](C)C(=O)Cc1nc(CC(=O)NC[C@@H](NC(=O)[C@@H]2CCCN2C(=O)[C@@H](CC(=O)[C@H](C)NC)C(C)(C)C)c2ccccc2)cs1.Cl.Cl.Cl. The molecule has 1 aliphatic heterocycles. The Hall–Kier alpha value is -2.61. The molecule has 1 aliphatic rings. The topological polar surface area (TPSA) is 150 Å². The van der Waals surface area contributed by atoms with Crippen LogP contribution in [0.2, 0.25) is 0 Å². The molecule has 15 heteroatoms.